The van der Waals surface area contributed by atoms with Crippen LogP contribution in [-0.4, -0.2) is 53.2 Å². The van der Waals surface area contributed by atoms with Gasteiger partial charge in [-0.25, -0.2) is 4.99 Å². The van der Waals surface area contributed by atoms with E-state index in [9.17, 15) is 4.79 Å². The Kier molecular flexibility index (Phi) is 6.37. The molecule has 1 aliphatic heterocycles. The lowest BCUT2D eigenvalue weighted by atomic mass is 9.98. The summed E-state index contributed by atoms with van der Waals surface area (Å²) >= 11 is 0. The molecule has 2 heterocycles. The molecule has 23 heavy (non-hydrogen) atoms. The second-order valence-corrected chi connectivity index (χ2v) is 5.44. The van der Waals surface area contributed by atoms with Crippen molar-refractivity contribution in [3.05, 3.63) is 11.7 Å². The SMILES string of the molecule is CCNC(=NCc1nc(C)no1)N1CCCC(C(=O)OCC)C1. The molecule has 128 valence electrons. The van der Waals surface area contributed by atoms with Gasteiger partial charge >= 0.3 is 5.97 Å². The molecule has 0 aromatic carbocycles. The highest BCUT2D eigenvalue weighted by Gasteiger charge is 2.28. The van der Waals surface area contributed by atoms with E-state index in [0.717, 1.165) is 31.9 Å². The molecule has 1 aromatic rings. The molecule has 1 unspecified atom stereocenters. The number of aliphatic imine (C=N–C) groups is 1. The summed E-state index contributed by atoms with van der Waals surface area (Å²) in [6.45, 7) is 8.59. The minimum absolute atomic E-state index is 0.0989. The Labute approximate surface area is 136 Å². The van der Waals surface area contributed by atoms with E-state index in [4.69, 9.17) is 9.26 Å². The summed E-state index contributed by atoms with van der Waals surface area (Å²) in [7, 11) is 0. The van der Waals surface area contributed by atoms with Crippen LogP contribution in [0.5, 0.6) is 0 Å². The van der Waals surface area contributed by atoms with E-state index < -0.39 is 0 Å². The molecule has 8 heteroatoms. The van der Waals surface area contributed by atoms with E-state index in [0.29, 0.717) is 31.4 Å². The standard InChI is InChI=1S/C15H25N5O3/c1-4-16-15(17-9-13-18-11(3)19-23-13)20-8-6-7-12(10-20)14(21)22-5-2/h12H,4-10H2,1-3H3,(H,16,17). The van der Waals surface area contributed by atoms with Crippen molar-refractivity contribution in [2.24, 2.45) is 10.9 Å². The van der Waals surface area contributed by atoms with E-state index in [2.05, 4.69) is 25.3 Å². The minimum Gasteiger partial charge on any atom is -0.466 e. The summed E-state index contributed by atoms with van der Waals surface area (Å²) in [6, 6.07) is 0. The van der Waals surface area contributed by atoms with Crippen LogP contribution in [0.2, 0.25) is 0 Å². The Balaban J connectivity index is 2.02. The van der Waals surface area contributed by atoms with Gasteiger partial charge in [0, 0.05) is 19.6 Å². The van der Waals surface area contributed by atoms with Crippen molar-refractivity contribution in [3.8, 4) is 0 Å². The Morgan fingerprint density at radius 1 is 1.52 bits per heavy atom. The molecule has 1 fully saturated rings. The fourth-order valence-electron chi connectivity index (χ4n) is 2.59. The number of aryl methyl sites for hydroxylation is 1. The first-order chi connectivity index (χ1) is 11.1. The molecule has 2 rings (SSSR count). The number of hydrogen-bond donors (Lipinski definition) is 1. The Morgan fingerprint density at radius 3 is 3.00 bits per heavy atom. The zero-order chi connectivity index (χ0) is 16.7. The fourth-order valence-corrected chi connectivity index (χ4v) is 2.59. The summed E-state index contributed by atoms with van der Waals surface area (Å²) in [6.07, 6.45) is 1.80. The summed E-state index contributed by atoms with van der Waals surface area (Å²) in [5.41, 5.74) is 0. The molecule has 1 atom stereocenters. The van der Waals surface area contributed by atoms with Crippen molar-refractivity contribution in [3.63, 3.8) is 0 Å². The number of hydrogen-bond acceptors (Lipinski definition) is 6. The summed E-state index contributed by atoms with van der Waals surface area (Å²) in [5, 5.41) is 7.01. The van der Waals surface area contributed by atoms with Gasteiger partial charge < -0.3 is 19.5 Å². The highest BCUT2D eigenvalue weighted by atomic mass is 16.5. The molecule has 8 nitrogen and oxygen atoms in total. The lowest BCUT2D eigenvalue weighted by Crippen LogP contribution is -2.48. The Morgan fingerprint density at radius 2 is 2.35 bits per heavy atom. The zero-order valence-electron chi connectivity index (χ0n) is 14.0. The summed E-state index contributed by atoms with van der Waals surface area (Å²) in [5.74, 6) is 1.62. The van der Waals surface area contributed by atoms with Crippen molar-refractivity contribution in [2.75, 3.05) is 26.2 Å². The lowest BCUT2D eigenvalue weighted by Gasteiger charge is -2.33. The Hall–Kier alpha value is -2.12. The zero-order valence-corrected chi connectivity index (χ0v) is 14.0. The molecule has 0 spiro atoms. The third kappa shape index (κ3) is 4.94. The van der Waals surface area contributed by atoms with Gasteiger partial charge in [-0.05, 0) is 33.6 Å². The van der Waals surface area contributed by atoms with E-state index in [1.165, 1.54) is 0 Å². The molecule has 1 aliphatic rings. The first-order valence-electron chi connectivity index (χ1n) is 8.13. The average molecular weight is 323 g/mol. The van der Waals surface area contributed by atoms with E-state index in [1.807, 2.05) is 13.8 Å². The van der Waals surface area contributed by atoms with Crippen LogP contribution < -0.4 is 5.32 Å². The summed E-state index contributed by atoms with van der Waals surface area (Å²) in [4.78, 5) is 22.8. The molecule has 1 N–H and O–H groups in total. The number of likely N-dealkylation sites (tertiary alicyclic amines) is 1. The molecule has 0 bridgehead atoms. The number of nitrogens with one attached hydrogen (secondary N) is 1. The minimum atomic E-state index is -0.124. The van der Waals surface area contributed by atoms with Crippen LogP contribution in [0.4, 0.5) is 0 Å². The van der Waals surface area contributed by atoms with Gasteiger partial charge in [0.2, 0.25) is 5.89 Å². The number of piperidine rings is 1. The number of rotatable bonds is 5. The quantitative estimate of drug-likeness (QED) is 0.493. The number of guanidine groups is 1. The van der Waals surface area contributed by atoms with Crippen LogP contribution in [0, 0.1) is 12.8 Å². The maximum Gasteiger partial charge on any atom is 0.310 e. The van der Waals surface area contributed by atoms with Gasteiger partial charge in [0.05, 0.1) is 12.5 Å². The van der Waals surface area contributed by atoms with Gasteiger partial charge in [0.25, 0.3) is 0 Å². The molecular formula is C15H25N5O3. The largest absolute Gasteiger partial charge is 0.466 e. The van der Waals surface area contributed by atoms with Crippen LogP contribution in [0.25, 0.3) is 0 Å². The van der Waals surface area contributed by atoms with Crippen molar-refractivity contribution in [2.45, 2.75) is 40.2 Å². The second-order valence-electron chi connectivity index (χ2n) is 5.44. The monoisotopic (exact) mass is 323 g/mol. The van der Waals surface area contributed by atoms with Crippen molar-refractivity contribution < 1.29 is 14.1 Å². The molecule has 0 amide bonds. The first kappa shape index (κ1) is 17.2. The average Bonchev–Trinajstić information content (AvgIpc) is 2.97. The Bertz CT molecular complexity index is 543. The predicted octanol–water partition coefficient (Wildman–Crippen LogP) is 1.12. The second kappa shape index (κ2) is 8.50. The van der Waals surface area contributed by atoms with E-state index in [1.54, 1.807) is 6.92 Å². The van der Waals surface area contributed by atoms with E-state index >= 15 is 0 Å². The van der Waals surface area contributed by atoms with Crippen molar-refractivity contribution >= 4 is 11.9 Å². The molecular weight excluding hydrogens is 298 g/mol. The van der Waals surface area contributed by atoms with Crippen LogP contribution in [0.1, 0.15) is 38.4 Å². The fraction of sp³-hybridized carbons (Fsp3) is 0.733. The van der Waals surface area contributed by atoms with E-state index in [-0.39, 0.29) is 11.9 Å². The number of ether oxygens (including phenoxy) is 1. The maximum absolute atomic E-state index is 12.0. The van der Waals surface area contributed by atoms with Crippen LogP contribution in [-0.2, 0) is 16.1 Å². The number of aromatic nitrogens is 2. The molecule has 0 aliphatic carbocycles. The normalized spacial score (nSPS) is 18.8. The van der Waals surface area contributed by atoms with Gasteiger partial charge in [0.1, 0.15) is 6.54 Å². The van der Waals surface area contributed by atoms with Gasteiger partial charge in [0.15, 0.2) is 11.8 Å². The van der Waals surface area contributed by atoms with Crippen LogP contribution in [0.15, 0.2) is 9.52 Å². The number of carbonyl (C=O) groups excluding carboxylic acids is 1. The van der Waals surface area contributed by atoms with Gasteiger partial charge in [-0.2, -0.15) is 4.98 Å². The van der Waals surface area contributed by atoms with Gasteiger partial charge in [-0.15, -0.1) is 0 Å². The number of carbonyl (C=O) groups is 1. The van der Waals surface area contributed by atoms with Crippen molar-refractivity contribution in [1.29, 1.82) is 0 Å². The predicted molar refractivity (Wildman–Crippen MR) is 84.8 cm³/mol. The lowest BCUT2D eigenvalue weighted by molar-refractivity contribution is -0.149. The molecule has 1 aromatic heterocycles. The molecule has 0 saturated carbocycles. The van der Waals surface area contributed by atoms with Crippen LogP contribution in [0.3, 0.4) is 0 Å². The smallest absolute Gasteiger partial charge is 0.310 e. The molecule has 0 radical (unpaired) electrons. The third-order valence-electron chi connectivity index (χ3n) is 3.61. The maximum atomic E-state index is 12.0. The summed E-state index contributed by atoms with van der Waals surface area (Å²) < 4.78 is 10.2. The molecule has 1 saturated heterocycles. The van der Waals surface area contributed by atoms with Crippen molar-refractivity contribution in [1.82, 2.24) is 20.4 Å². The number of nitrogens with zero attached hydrogens (tertiary/aromatic N) is 4. The highest BCUT2D eigenvalue weighted by molar-refractivity contribution is 5.81. The first-order valence-corrected chi connectivity index (χ1v) is 8.13. The third-order valence-corrected chi connectivity index (χ3v) is 3.61. The van der Waals surface area contributed by atoms with Gasteiger partial charge in [-0.1, -0.05) is 5.16 Å². The van der Waals surface area contributed by atoms with Crippen LogP contribution >= 0.6 is 0 Å². The number of esters is 1. The topological polar surface area (TPSA) is 92.9 Å². The van der Waals surface area contributed by atoms with Gasteiger partial charge in [-0.3, -0.25) is 4.79 Å². The highest BCUT2D eigenvalue weighted by Crippen LogP contribution is 2.18.